The van der Waals surface area contributed by atoms with Crippen LogP contribution in [-0.2, 0) is 9.59 Å². The van der Waals surface area contributed by atoms with Crippen LogP contribution in [0, 0.1) is 0 Å². The van der Waals surface area contributed by atoms with Crippen LogP contribution in [0.1, 0.15) is 17.4 Å². The molecule has 2 aromatic rings. The van der Waals surface area contributed by atoms with Crippen molar-refractivity contribution in [2.45, 2.75) is 17.8 Å². The summed E-state index contributed by atoms with van der Waals surface area (Å²) in [4.78, 5) is 25.4. The summed E-state index contributed by atoms with van der Waals surface area (Å²) in [5, 5.41) is 21.1. The number of thiol groups is 1. The fourth-order valence-corrected chi connectivity index (χ4v) is 4.69. The maximum atomic E-state index is 12.5. The number of carbonyl (C=O) groups excluding carboxylic acids is 1. The fraction of sp³-hybridized carbons (Fsp3) is 0.294. The second-order valence-corrected chi connectivity index (χ2v) is 7.09. The summed E-state index contributed by atoms with van der Waals surface area (Å²) in [6.45, 7) is 0. The number of fused-ring (bicyclic) bond motifs is 1. The minimum absolute atomic E-state index is 0.0703. The third kappa shape index (κ3) is 2.93. The Bertz CT molecular complexity index is 795. The molecule has 0 radical (unpaired) electrons. The Hall–Kier alpha value is -1.86. The molecule has 1 fully saturated rings. The molecule has 2 atom stereocenters. The highest BCUT2D eigenvalue weighted by Crippen LogP contribution is 2.47. The van der Waals surface area contributed by atoms with E-state index in [1.165, 1.54) is 16.7 Å². The van der Waals surface area contributed by atoms with Crippen molar-refractivity contribution in [1.29, 1.82) is 0 Å². The molecule has 7 heteroatoms. The first-order valence-electron chi connectivity index (χ1n) is 7.51. The molecule has 126 valence electrons. The zero-order chi connectivity index (χ0) is 17.3. The highest BCUT2D eigenvalue weighted by atomic mass is 32.2. The van der Waals surface area contributed by atoms with Gasteiger partial charge < -0.3 is 15.1 Å². The van der Waals surface area contributed by atoms with Crippen LogP contribution in [0.25, 0.3) is 10.8 Å². The predicted octanol–water partition coefficient (Wildman–Crippen LogP) is 2.89. The number of amides is 1. The monoisotopic (exact) mass is 363 g/mol. The third-order valence-electron chi connectivity index (χ3n) is 4.09. The Morgan fingerprint density at radius 3 is 2.71 bits per heavy atom. The van der Waals surface area contributed by atoms with E-state index in [4.69, 9.17) is 0 Å². The molecule has 2 N–H and O–H groups in total. The lowest BCUT2D eigenvalue weighted by atomic mass is 10.0. The highest BCUT2D eigenvalue weighted by molar-refractivity contribution is 7.99. The van der Waals surface area contributed by atoms with E-state index in [0.717, 1.165) is 10.8 Å². The lowest BCUT2D eigenvalue weighted by molar-refractivity contribution is -0.149. The van der Waals surface area contributed by atoms with E-state index in [9.17, 15) is 19.8 Å². The first kappa shape index (κ1) is 17.0. The molecule has 2 aromatic carbocycles. The molecular formula is C17H17NO4S2. The normalized spacial score (nSPS) is 20.5. The first-order chi connectivity index (χ1) is 11.5. The predicted molar refractivity (Wildman–Crippen MR) is 97.6 cm³/mol. The molecule has 0 bridgehead atoms. The average Bonchev–Trinajstić information content (AvgIpc) is 3.00. The Labute approximate surface area is 149 Å². The molecule has 3 rings (SSSR count). The van der Waals surface area contributed by atoms with Crippen LogP contribution in [0.2, 0.25) is 0 Å². The molecule has 0 aromatic heterocycles. The maximum absolute atomic E-state index is 12.5. The van der Waals surface area contributed by atoms with E-state index < -0.39 is 17.4 Å². The van der Waals surface area contributed by atoms with Gasteiger partial charge in [-0.3, -0.25) is 4.79 Å². The van der Waals surface area contributed by atoms with Gasteiger partial charge in [0, 0.05) is 17.7 Å². The molecule has 0 aliphatic carbocycles. The molecule has 5 nitrogen and oxygen atoms in total. The minimum atomic E-state index is -1.03. The van der Waals surface area contributed by atoms with E-state index in [2.05, 4.69) is 12.6 Å². The van der Waals surface area contributed by atoms with Crippen LogP contribution in [0.3, 0.4) is 0 Å². The number of aromatic hydroxyl groups is 1. The average molecular weight is 363 g/mol. The maximum Gasteiger partial charge on any atom is 0.327 e. The number of phenols is 1. The van der Waals surface area contributed by atoms with Gasteiger partial charge in [-0.25, -0.2) is 4.79 Å². The zero-order valence-corrected chi connectivity index (χ0v) is 14.5. The molecule has 1 heterocycles. The SMILES string of the molecule is O=C(O)C1CSC(c2c(O)ccc3ccccc23)N1C(=O)CCS. The van der Waals surface area contributed by atoms with Gasteiger partial charge in [-0.05, 0) is 22.6 Å². The van der Waals surface area contributed by atoms with Crippen LogP contribution in [0.5, 0.6) is 5.75 Å². The molecular weight excluding hydrogens is 346 g/mol. The van der Waals surface area contributed by atoms with Gasteiger partial charge >= 0.3 is 5.97 Å². The number of hydrogen-bond donors (Lipinski definition) is 3. The molecule has 1 aliphatic heterocycles. The second kappa shape index (κ2) is 6.94. The molecule has 0 spiro atoms. The molecule has 24 heavy (non-hydrogen) atoms. The van der Waals surface area contributed by atoms with E-state index >= 15 is 0 Å². The van der Waals surface area contributed by atoms with Gasteiger partial charge in [-0.15, -0.1) is 11.8 Å². The smallest absolute Gasteiger partial charge is 0.327 e. The number of hydrogen-bond acceptors (Lipinski definition) is 5. The number of phenolic OH excluding ortho intramolecular Hbond substituents is 1. The molecule has 1 aliphatic rings. The summed E-state index contributed by atoms with van der Waals surface area (Å²) in [7, 11) is 0. The summed E-state index contributed by atoms with van der Waals surface area (Å²) in [5.41, 5.74) is 0.592. The Morgan fingerprint density at radius 1 is 1.25 bits per heavy atom. The number of aliphatic carboxylic acids is 1. The summed E-state index contributed by atoms with van der Waals surface area (Å²) in [6.07, 6.45) is 0.162. The van der Waals surface area contributed by atoms with Crippen molar-refractivity contribution >= 4 is 47.0 Å². The van der Waals surface area contributed by atoms with Crippen LogP contribution in [0.4, 0.5) is 0 Å². The van der Waals surface area contributed by atoms with Crippen LogP contribution < -0.4 is 0 Å². The molecule has 2 unspecified atom stereocenters. The quantitative estimate of drug-likeness (QED) is 0.728. The minimum Gasteiger partial charge on any atom is -0.508 e. The summed E-state index contributed by atoms with van der Waals surface area (Å²) < 4.78 is 0. The largest absolute Gasteiger partial charge is 0.508 e. The topological polar surface area (TPSA) is 77.8 Å². The van der Waals surface area contributed by atoms with Gasteiger partial charge in [0.2, 0.25) is 5.91 Å². The molecule has 0 saturated carbocycles. The first-order valence-corrected chi connectivity index (χ1v) is 9.19. The van der Waals surface area contributed by atoms with E-state index in [0.29, 0.717) is 17.1 Å². The van der Waals surface area contributed by atoms with E-state index in [-0.39, 0.29) is 18.1 Å². The van der Waals surface area contributed by atoms with Crippen LogP contribution in [-0.4, -0.2) is 44.5 Å². The van der Waals surface area contributed by atoms with Crippen molar-refractivity contribution in [2.24, 2.45) is 0 Å². The Morgan fingerprint density at radius 2 is 2.00 bits per heavy atom. The van der Waals surface area contributed by atoms with Crippen molar-refractivity contribution in [3.8, 4) is 5.75 Å². The van der Waals surface area contributed by atoms with Gasteiger partial charge in [0.25, 0.3) is 0 Å². The van der Waals surface area contributed by atoms with E-state index in [1.54, 1.807) is 6.07 Å². The van der Waals surface area contributed by atoms with Gasteiger partial charge in [-0.2, -0.15) is 12.6 Å². The summed E-state index contributed by atoms with van der Waals surface area (Å²) in [5.74, 6) is -0.584. The lowest BCUT2D eigenvalue weighted by Gasteiger charge is -2.28. The number of nitrogens with zero attached hydrogens (tertiary/aromatic N) is 1. The number of carboxylic acid groups (broad SMARTS) is 1. The van der Waals surface area contributed by atoms with Crippen LogP contribution >= 0.6 is 24.4 Å². The standard InChI is InChI=1S/C17H17NO4S2/c19-13-6-5-10-3-1-2-4-11(10)15(13)16-18(14(20)7-8-23)12(9-24-16)17(21)22/h1-6,12,16,19,23H,7-9H2,(H,21,22). The number of thioether (sulfide) groups is 1. The third-order valence-corrected chi connectivity index (χ3v) is 5.60. The van der Waals surface area contributed by atoms with Crippen molar-refractivity contribution in [3.63, 3.8) is 0 Å². The van der Waals surface area contributed by atoms with Gasteiger partial charge in [0.15, 0.2) is 0 Å². The van der Waals surface area contributed by atoms with Gasteiger partial charge in [0.1, 0.15) is 17.2 Å². The highest BCUT2D eigenvalue weighted by Gasteiger charge is 2.43. The number of carbonyl (C=O) groups is 2. The Kier molecular flexibility index (Phi) is 4.91. The van der Waals surface area contributed by atoms with Crippen molar-refractivity contribution in [2.75, 3.05) is 11.5 Å². The number of rotatable bonds is 4. The zero-order valence-electron chi connectivity index (χ0n) is 12.8. The second-order valence-electron chi connectivity index (χ2n) is 5.53. The Balaban J connectivity index is 2.12. The van der Waals surface area contributed by atoms with Crippen molar-refractivity contribution in [3.05, 3.63) is 42.0 Å². The lowest BCUT2D eigenvalue weighted by Crippen LogP contribution is -2.43. The van der Waals surface area contributed by atoms with Crippen molar-refractivity contribution < 1.29 is 19.8 Å². The summed E-state index contributed by atoms with van der Waals surface area (Å²) >= 11 is 5.44. The fourth-order valence-electron chi connectivity index (χ4n) is 2.99. The van der Waals surface area contributed by atoms with Crippen molar-refractivity contribution in [1.82, 2.24) is 4.90 Å². The van der Waals surface area contributed by atoms with Crippen LogP contribution in [0.15, 0.2) is 36.4 Å². The molecule has 1 saturated heterocycles. The number of benzene rings is 2. The van der Waals surface area contributed by atoms with E-state index in [1.807, 2.05) is 30.3 Å². The number of carboxylic acids is 1. The van der Waals surface area contributed by atoms with Gasteiger partial charge in [0.05, 0.1) is 0 Å². The van der Waals surface area contributed by atoms with Gasteiger partial charge in [-0.1, -0.05) is 30.3 Å². The molecule has 1 amide bonds. The summed E-state index contributed by atoms with van der Waals surface area (Å²) in [6, 6.07) is 10.1.